The van der Waals surface area contributed by atoms with Gasteiger partial charge in [0.1, 0.15) is 5.41 Å². The number of rotatable bonds is 2. The average molecular weight is 328 g/mol. The first-order valence-corrected chi connectivity index (χ1v) is 7.74. The summed E-state index contributed by atoms with van der Waals surface area (Å²) < 4.78 is 0. The summed E-state index contributed by atoms with van der Waals surface area (Å²) in [6.45, 7) is 3.50. The number of hydrogen-bond acceptors (Lipinski definition) is 5. The molecule has 1 aromatic carbocycles. The van der Waals surface area contributed by atoms with E-state index in [1.807, 2.05) is 36.7 Å². The quantitative estimate of drug-likeness (QED) is 0.724. The summed E-state index contributed by atoms with van der Waals surface area (Å²) in [5.74, 6) is -0.988. The molecule has 0 bridgehead atoms. The maximum atomic E-state index is 11.4. The first-order chi connectivity index (χ1) is 11.5. The highest BCUT2D eigenvalue weighted by Crippen LogP contribution is 2.28. The monoisotopic (exact) mass is 328 g/mol. The number of imide groups is 2. The molecule has 0 saturated carbocycles. The van der Waals surface area contributed by atoms with Crippen LogP contribution in [0, 0.1) is 5.41 Å². The number of barbiturate groups is 1. The Hall–Kier alpha value is -2.96. The number of hydrogen-bond donors (Lipinski definition) is 3. The average Bonchev–Trinajstić information content (AvgIpc) is 2.81. The third kappa shape index (κ3) is 3.51. The van der Waals surface area contributed by atoms with E-state index in [1.165, 1.54) is 0 Å². The van der Waals surface area contributed by atoms with E-state index < -0.39 is 23.3 Å². The molecule has 0 radical (unpaired) electrons. The minimum Gasteiger partial charge on any atom is -0.360 e. The summed E-state index contributed by atoms with van der Waals surface area (Å²) in [6.07, 6.45) is 6.19. The van der Waals surface area contributed by atoms with E-state index in [1.54, 1.807) is 20.0 Å². The Labute approximate surface area is 140 Å². The van der Waals surface area contributed by atoms with Crippen molar-refractivity contribution in [3.05, 3.63) is 42.2 Å². The molecule has 1 fully saturated rings. The molecule has 0 aliphatic carbocycles. The second kappa shape index (κ2) is 7.54. The SMILES string of the molecule is C1=CNc2ccccc2C=N1.CCC1(CC)C(=O)NC(=O)NC1=O. The van der Waals surface area contributed by atoms with Gasteiger partial charge < -0.3 is 5.32 Å². The molecule has 0 atom stereocenters. The van der Waals surface area contributed by atoms with Crippen molar-refractivity contribution >= 4 is 29.7 Å². The molecule has 3 rings (SSSR count). The molecule has 7 nitrogen and oxygen atoms in total. The predicted molar refractivity (Wildman–Crippen MR) is 91.5 cm³/mol. The van der Waals surface area contributed by atoms with Crippen LogP contribution in [0.25, 0.3) is 0 Å². The van der Waals surface area contributed by atoms with Crippen LogP contribution in [0.3, 0.4) is 0 Å². The van der Waals surface area contributed by atoms with E-state index in [2.05, 4.69) is 20.9 Å². The number of aliphatic imine (C=N–C) groups is 1. The molecule has 2 aliphatic rings. The molecule has 126 valence electrons. The first-order valence-electron chi connectivity index (χ1n) is 7.74. The van der Waals surface area contributed by atoms with E-state index in [0.29, 0.717) is 12.8 Å². The second-order valence-corrected chi connectivity index (χ2v) is 5.35. The molecule has 3 N–H and O–H groups in total. The van der Waals surface area contributed by atoms with Crippen molar-refractivity contribution in [2.75, 3.05) is 5.32 Å². The van der Waals surface area contributed by atoms with Crippen LogP contribution in [0.15, 0.2) is 41.7 Å². The second-order valence-electron chi connectivity index (χ2n) is 5.35. The number of benzene rings is 1. The Morgan fingerprint density at radius 2 is 1.62 bits per heavy atom. The number of nitrogens with one attached hydrogen (secondary N) is 3. The van der Waals surface area contributed by atoms with Crippen molar-refractivity contribution in [1.82, 2.24) is 10.6 Å². The minimum absolute atomic E-state index is 0.397. The van der Waals surface area contributed by atoms with Crippen molar-refractivity contribution in [3.8, 4) is 0 Å². The predicted octanol–water partition coefficient (Wildman–Crippen LogP) is 2.16. The number of anilines is 1. The Morgan fingerprint density at radius 1 is 1.00 bits per heavy atom. The molecule has 0 aromatic heterocycles. The Kier molecular flexibility index (Phi) is 5.47. The zero-order valence-electron chi connectivity index (χ0n) is 13.6. The number of carbonyl (C=O) groups is 3. The molecule has 1 aromatic rings. The summed E-state index contributed by atoms with van der Waals surface area (Å²) in [5, 5.41) is 7.30. The lowest BCUT2D eigenvalue weighted by atomic mass is 9.79. The van der Waals surface area contributed by atoms with E-state index in [9.17, 15) is 14.4 Å². The molecule has 2 aliphatic heterocycles. The van der Waals surface area contributed by atoms with Crippen LogP contribution in [0.1, 0.15) is 32.3 Å². The third-order valence-electron chi connectivity index (χ3n) is 4.10. The lowest BCUT2D eigenvalue weighted by Crippen LogP contribution is -2.61. The van der Waals surface area contributed by atoms with Gasteiger partial charge in [-0.1, -0.05) is 32.0 Å². The van der Waals surface area contributed by atoms with Crippen molar-refractivity contribution < 1.29 is 14.4 Å². The molecule has 0 spiro atoms. The first kappa shape index (κ1) is 17.4. The summed E-state index contributed by atoms with van der Waals surface area (Å²) in [6, 6.07) is 7.32. The van der Waals surface area contributed by atoms with E-state index >= 15 is 0 Å². The zero-order valence-corrected chi connectivity index (χ0v) is 13.6. The summed E-state index contributed by atoms with van der Waals surface area (Å²) >= 11 is 0. The van der Waals surface area contributed by atoms with Gasteiger partial charge in [-0.15, -0.1) is 0 Å². The van der Waals surface area contributed by atoms with Gasteiger partial charge in [0.05, 0.1) is 0 Å². The highest BCUT2D eigenvalue weighted by atomic mass is 16.2. The van der Waals surface area contributed by atoms with Crippen molar-refractivity contribution in [2.45, 2.75) is 26.7 Å². The normalized spacial score (nSPS) is 17.5. The Morgan fingerprint density at radius 3 is 2.25 bits per heavy atom. The standard InChI is InChI=1S/C9H8N2.C8H12N2O3/c1-2-4-9-8(3-1)7-10-5-6-11-9;1-3-8(4-2)5(11)9-7(13)10-6(8)12/h1-7,11H;3-4H2,1-2H3,(H2,9,10,11,12,13). The largest absolute Gasteiger partial charge is 0.360 e. The number of nitrogens with zero attached hydrogens (tertiary/aromatic N) is 1. The maximum Gasteiger partial charge on any atom is 0.328 e. The van der Waals surface area contributed by atoms with Crippen molar-refractivity contribution in [2.24, 2.45) is 10.4 Å². The fraction of sp³-hybridized carbons (Fsp3) is 0.294. The molecule has 4 amide bonds. The van der Waals surface area contributed by atoms with Gasteiger partial charge in [-0.05, 0) is 18.9 Å². The van der Waals surface area contributed by atoms with Crippen LogP contribution in [-0.2, 0) is 9.59 Å². The smallest absolute Gasteiger partial charge is 0.328 e. The van der Waals surface area contributed by atoms with E-state index in [4.69, 9.17) is 0 Å². The van der Waals surface area contributed by atoms with Crippen LogP contribution < -0.4 is 16.0 Å². The van der Waals surface area contributed by atoms with Gasteiger partial charge in [0.25, 0.3) is 0 Å². The maximum absolute atomic E-state index is 11.4. The molecule has 1 saturated heterocycles. The molecule has 24 heavy (non-hydrogen) atoms. The van der Waals surface area contributed by atoms with Crippen LogP contribution in [-0.4, -0.2) is 24.1 Å². The minimum atomic E-state index is -1.06. The van der Waals surface area contributed by atoms with Crippen molar-refractivity contribution in [1.29, 1.82) is 0 Å². The molecular formula is C17H20N4O3. The summed E-state index contributed by atoms with van der Waals surface area (Å²) in [7, 11) is 0. The third-order valence-corrected chi connectivity index (χ3v) is 4.10. The van der Waals surface area contributed by atoms with Gasteiger partial charge in [-0.25, -0.2) is 4.79 Å². The summed E-state index contributed by atoms with van der Waals surface area (Å²) in [5.41, 5.74) is 1.16. The summed E-state index contributed by atoms with van der Waals surface area (Å²) in [4.78, 5) is 37.6. The van der Waals surface area contributed by atoms with E-state index in [0.717, 1.165) is 11.3 Å². The van der Waals surface area contributed by atoms with Crippen molar-refractivity contribution in [3.63, 3.8) is 0 Å². The zero-order chi connectivity index (χ0) is 17.6. The van der Waals surface area contributed by atoms with Crippen LogP contribution >= 0.6 is 0 Å². The number of urea groups is 1. The highest BCUT2D eigenvalue weighted by Gasteiger charge is 2.47. The van der Waals surface area contributed by atoms with Gasteiger partial charge >= 0.3 is 6.03 Å². The van der Waals surface area contributed by atoms with Gasteiger partial charge in [0.2, 0.25) is 11.8 Å². The highest BCUT2D eigenvalue weighted by molar-refractivity contribution is 6.19. The number of para-hydroxylation sites is 1. The molecule has 2 heterocycles. The Balaban J connectivity index is 0.000000175. The molecular weight excluding hydrogens is 308 g/mol. The fourth-order valence-corrected chi connectivity index (χ4v) is 2.51. The number of amides is 4. The lowest BCUT2D eigenvalue weighted by molar-refractivity contribution is -0.144. The Bertz CT molecular complexity index is 684. The molecule has 0 unspecified atom stereocenters. The van der Waals surface area contributed by atoms with Gasteiger partial charge in [-0.2, -0.15) is 0 Å². The van der Waals surface area contributed by atoms with Gasteiger partial charge in [-0.3, -0.25) is 25.2 Å². The van der Waals surface area contributed by atoms with Gasteiger partial charge in [0.15, 0.2) is 0 Å². The topological polar surface area (TPSA) is 99.7 Å². The number of carbonyl (C=O) groups excluding carboxylic acids is 3. The van der Waals surface area contributed by atoms with Crippen LogP contribution in [0.2, 0.25) is 0 Å². The lowest BCUT2D eigenvalue weighted by Gasteiger charge is -2.31. The van der Waals surface area contributed by atoms with Crippen LogP contribution in [0.5, 0.6) is 0 Å². The molecule has 7 heteroatoms. The fourth-order valence-electron chi connectivity index (χ4n) is 2.51. The van der Waals surface area contributed by atoms with Gasteiger partial charge in [0, 0.05) is 29.9 Å². The number of fused-ring (bicyclic) bond motifs is 1. The van der Waals surface area contributed by atoms with Crippen LogP contribution in [0.4, 0.5) is 10.5 Å². The van der Waals surface area contributed by atoms with E-state index in [-0.39, 0.29) is 0 Å².